The predicted octanol–water partition coefficient (Wildman–Crippen LogP) is 2.73. The lowest BCUT2D eigenvalue weighted by Gasteiger charge is -2.06. The molecule has 0 unspecified atom stereocenters. The molecule has 3 rings (SSSR count). The van der Waals surface area contributed by atoms with E-state index in [-0.39, 0.29) is 0 Å². The van der Waals surface area contributed by atoms with E-state index in [4.69, 9.17) is 5.73 Å². The number of nitrogens with one attached hydrogen (secondary N) is 3. The monoisotopic (exact) mass is 357 g/mol. The van der Waals surface area contributed by atoms with Gasteiger partial charge in [-0.1, -0.05) is 31.0 Å². The summed E-state index contributed by atoms with van der Waals surface area (Å²) < 4.78 is 4.88. The van der Waals surface area contributed by atoms with Crippen LogP contribution in [0.25, 0.3) is 11.3 Å². The molecule has 0 atom stereocenters. The third-order valence-corrected chi connectivity index (χ3v) is 4.16. The van der Waals surface area contributed by atoms with Crippen LogP contribution in [0.15, 0.2) is 36.7 Å². The van der Waals surface area contributed by atoms with E-state index in [0.29, 0.717) is 17.1 Å². The maximum absolute atomic E-state index is 12.0. The van der Waals surface area contributed by atoms with E-state index in [1.807, 2.05) is 31.3 Å². The summed E-state index contributed by atoms with van der Waals surface area (Å²) in [6, 6.07) is 7.70. The van der Waals surface area contributed by atoms with E-state index >= 15 is 0 Å². The van der Waals surface area contributed by atoms with Gasteiger partial charge in [0, 0.05) is 30.2 Å². The van der Waals surface area contributed by atoms with Gasteiger partial charge in [0.1, 0.15) is 5.56 Å². The zero-order chi connectivity index (χ0) is 17.8. The zero-order valence-electron chi connectivity index (χ0n) is 13.9. The van der Waals surface area contributed by atoms with Crippen LogP contribution in [-0.4, -0.2) is 31.6 Å². The van der Waals surface area contributed by atoms with Gasteiger partial charge in [0.2, 0.25) is 0 Å². The highest BCUT2D eigenvalue weighted by molar-refractivity contribution is 8.00. The van der Waals surface area contributed by atoms with Crippen molar-refractivity contribution in [1.29, 1.82) is 0 Å². The first-order valence-corrected chi connectivity index (χ1v) is 8.69. The fraction of sp³-hybridized carbons (Fsp3) is 0.188. The van der Waals surface area contributed by atoms with E-state index < -0.39 is 5.91 Å². The Morgan fingerprint density at radius 1 is 1.32 bits per heavy atom. The van der Waals surface area contributed by atoms with Crippen molar-refractivity contribution in [1.82, 2.24) is 20.0 Å². The number of nitrogens with zero attached hydrogens (tertiary/aromatic N) is 3. The summed E-state index contributed by atoms with van der Waals surface area (Å²) in [5.41, 5.74) is 9.00. The van der Waals surface area contributed by atoms with Gasteiger partial charge in [0.15, 0.2) is 5.82 Å². The molecule has 8 nitrogen and oxygen atoms in total. The molecule has 130 valence electrons. The zero-order valence-corrected chi connectivity index (χ0v) is 14.7. The van der Waals surface area contributed by atoms with Gasteiger partial charge in [0.25, 0.3) is 5.91 Å². The SMILES string of the molecule is CCSNc1ccc(-c2[nH]nc(Nc3cnn(C)c3)c2C(N)=O)cc1. The van der Waals surface area contributed by atoms with Crippen LogP contribution >= 0.6 is 11.9 Å². The molecule has 0 radical (unpaired) electrons. The van der Waals surface area contributed by atoms with Gasteiger partial charge in [-0.25, -0.2) is 0 Å². The van der Waals surface area contributed by atoms with E-state index in [1.54, 1.807) is 29.0 Å². The summed E-state index contributed by atoms with van der Waals surface area (Å²) in [7, 11) is 1.81. The van der Waals surface area contributed by atoms with Crippen LogP contribution in [-0.2, 0) is 7.05 Å². The first-order chi connectivity index (χ1) is 12.1. The van der Waals surface area contributed by atoms with E-state index in [2.05, 4.69) is 32.3 Å². The number of primary amides is 1. The number of hydrogen-bond acceptors (Lipinski definition) is 6. The summed E-state index contributed by atoms with van der Waals surface area (Å²) in [6.45, 7) is 2.08. The molecule has 2 aromatic heterocycles. The summed E-state index contributed by atoms with van der Waals surface area (Å²) in [6.07, 6.45) is 3.43. The van der Waals surface area contributed by atoms with Gasteiger partial charge in [-0.3, -0.25) is 14.6 Å². The van der Waals surface area contributed by atoms with Crippen molar-refractivity contribution in [2.45, 2.75) is 6.92 Å². The Hall–Kier alpha value is -2.94. The van der Waals surface area contributed by atoms with Crippen LogP contribution in [0.4, 0.5) is 17.2 Å². The minimum atomic E-state index is -0.557. The molecule has 0 aliphatic rings. The van der Waals surface area contributed by atoms with Gasteiger partial charge in [-0.15, -0.1) is 0 Å². The quantitative estimate of drug-likeness (QED) is 0.484. The number of hydrogen-bond donors (Lipinski definition) is 4. The van der Waals surface area contributed by atoms with Crippen molar-refractivity contribution in [3.05, 3.63) is 42.2 Å². The molecule has 0 fully saturated rings. The van der Waals surface area contributed by atoms with Crippen LogP contribution in [0.2, 0.25) is 0 Å². The van der Waals surface area contributed by atoms with E-state index in [0.717, 1.165) is 22.7 Å². The number of aromatic amines is 1. The second-order valence-corrected chi connectivity index (χ2v) is 6.40. The highest BCUT2D eigenvalue weighted by Gasteiger charge is 2.20. The maximum atomic E-state index is 12.0. The largest absolute Gasteiger partial charge is 0.365 e. The number of benzene rings is 1. The lowest BCUT2D eigenvalue weighted by molar-refractivity contribution is 0.100. The average molecular weight is 357 g/mol. The van der Waals surface area contributed by atoms with Crippen molar-refractivity contribution in [3.63, 3.8) is 0 Å². The molecule has 9 heteroatoms. The van der Waals surface area contributed by atoms with Gasteiger partial charge in [-0.2, -0.15) is 10.2 Å². The minimum Gasteiger partial charge on any atom is -0.365 e. The average Bonchev–Trinajstić information content (AvgIpc) is 3.20. The molecule has 25 heavy (non-hydrogen) atoms. The molecule has 0 bridgehead atoms. The Balaban J connectivity index is 1.90. The molecule has 0 saturated heterocycles. The van der Waals surface area contributed by atoms with E-state index in [1.165, 1.54) is 0 Å². The van der Waals surface area contributed by atoms with Crippen molar-refractivity contribution in [3.8, 4) is 11.3 Å². The molecule has 5 N–H and O–H groups in total. The minimum absolute atomic E-state index is 0.312. The third kappa shape index (κ3) is 3.77. The molecule has 0 spiro atoms. The Morgan fingerprint density at radius 2 is 2.08 bits per heavy atom. The van der Waals surface area contributed by atoms with Crippen LogP contribution in [0, 0.1) is 0 Å². The molecular weight excluding hydrogens is 338 g/mol. The third-order valence-electron chi connectivity index (χ3n) is 3.49. The fourth-order valence-electron chi connectivity index (χ4n) is 2.36. The van der Waals surface area contributed by atoms with Gasteiger partial charge in [0.05, 0.1) is 17.6 Å². The highest BCUT2D eigenvalue weighted by Crippen LogP contribution is 2.29. The number of carbonyl (C=O) groups is 1. The lowest BCUT2D eigenvalue weighted by atomic mass is 10.1. The van der Waals surface area contributed by atoms with Crippen molar-refractivity contribution < 1.29 is 4.79 Å². The summed E-state index contributed by atoms with van der Waals surface area (Å²) >= 11 is 1.62. The van der Waals surface area contributed by atoms with Gasteiger partial charge in [-0.05, 0) is 12.1 Å². The number of H-pyrrole nitrogens is 1. The topological polar surface area (TPSA) is 114 Å². The molecule has 0 saturated carbocycles. The Kier molecular flexibility index (Phi) is 4.94. The van der Waals surface area contributed by atoms with Crippen molar-refractivity contribution in [2.24, 2.45) is 12.8 Å². The van der Waals surface area contributed by atoms with Gasteiger partial charge >= 0.3 is 0 Å². The molecule has 0 aliphatic carbocycles. The number of aryl methyl sites for hydroxylation is 1. The number of rotatable bonds is 7. The van der Waals surface area contributed by atoms with Crippen LogP contribution in [0.3, 0.4) is 0 Å². The lowest BCUT2D eigenvalue weighted by Crippen LogP contribution is -2.13. The normalized spacial score (nSPS) is 10.6. The molecule has 3 aromatic rings. The highest BCUT2D eigenvalue weighted by atomic mass is 32.2. The molecule has 0 aliphatic heterocycles. The summed E-state index contributed by atoms with van der Waals surface area (Å²) in [4.78, 5) is 12.0. The van der Waals surface area contributed by atoms with Crippen LogP contribution in [0.1, 0.15) is 17.3 Å². The predicted molar refractivity (Wildman–Crippen MR) is 101 cm³/mol. The fourth-order valence-corrected chi connectivity index (χ4v) is 2.81. The van der Waals surface area contributed by atoms with Crippen LogP contribution in [0.5, 0.6) is 0 Å². The van der Waals surface area contributed by atoms with Crippen molar-refractivity contribution in [2.75, 3.05) is 15.8 Å². The van der Waals surface area contributed by atoms with E-state index in [9.17, 15) is 4.79 Å². The van der Waals surface area contributed by atoms with Crippen molar-refractivity contribution >= 4 is 35.0 Å². The first kappa shape index (κ1) is 16.9. The van der Waals surface area contributed by atoms with Gasteiger partial charge < -0.3 is 15.8 Å². The van der Waals surface area contributed by atoms with Crippen LogP contribution < -0.4 is 15.8 Å². The maximum Gasteiger partial charge on any atom is 0.254 e. The number of amides is 1. The number of nitrogens with two attached hydrogens (primary N) is 1. The second kappa shape index (κ2) is 7.31. The number of aromatic nitrogens is 4. The first-order valence-electron chi connectivity index (χ1n) is 7.70. The Labute approximate surface area is 149 Å². The molecule has 1 aromatic carbocycles. The number of carbonyl (C=O) groups excluding carboxylic acids is 1. The second-order valence-electron chi connectivity index (χ2n) is 5.33. The summed E-state index contributed by atoms with van der Waals surface area (Å²) in [5, 5.41) is 14.2. The molecule has 2 heterocycles. The standard InChI is InChI=1S/C16H19N7OS/c1-3-25-22-11-6-4-10(5-7-11)14-13(15(17)24)16(21-20-14)19-12-8-18-23(2)9-12/h4-9,22H,3H2,1-2H3,(H2,17,24)(H2,19,20,21). The Morgan fingerprint density at radius 3 is 2.68 bits per heavy atom. The number of anilines is 3. The Bertz CT molecular complexity index is 869. The molecular formula is C16H19N7OS. The summed E-state index contributed by atoms with van der Waals surface area (Å²) in [5.74, 6) is 0.787. The molecule has 1 amide bonds. The smallest absolute Gasteiger partial charge is 0.254 e.